The number of nitrogens with one attached hydrogen (secondary N) is 1. The molecular formula is C21H24N4O2. The van der Waals surface area contributed by atoms with Gasteiger partial charge >= 0.3 is 0 Å². The molecule has 2 aromatic heterocycles. The molecule has 1 saturated heterocycles. The van der Waals surface area contributed by atoms with Gasteiger partial charge in [0.25, 0.3) is 0 Å². The number of benzene rings is 1. The molecule has 6 heteroatoms. The molecule has 140 valence electrons. The first-order valence-corrected chi connectivity index (χ1v) is 9.46. The van der Waals surface area contributed by atoms with Crippen molar-refractivity contribution in [2.75, 3.05) is 13.1 Å². The third kappa shape index (κ3) is 4.01. The predicted octanol–water partition coefficient (Wildman–Crippen LogP) is 2.34. The van der Waals surface area contributed by atoms with Crippen LogP contribution in [0.1, 0.15) is 24.1 Å². The van der Waals surface area contributed by atoms with Gasteiger partial charge in [-0.1, -0.05) is 18.2 Å². The molecular weight excluding hydrogens is 340 g/mol. The SMILES string of the molecule is O=C(CCCc1c[nH]c2ccccc12)N1C[C@@H](Cc2cnccn2)[C@H](O)C1. The topological polar surface area (TPSA) is 82.1 Å². The number of likely N-dealkylation sites (tertiary alicyclic amines) is 1. The number of aromatic amines is 1. The Morgan fingerprint density at radius 3 is 3.00 bits per heavy atom. The Balaban J connectivity index is 1.28. The van der Waals surface area contributed by atoms with E-state index in [4.69, 9.17) is 0 Å². The molecule has 1 aliphatic heterocycles. The van der Waals surface area contributed by atoms with Crippen LogP contribution in [0.3, 0.4) is 0 Å². The molecule has 0 unspecified atom stereocenters. The van der Waals surface area contributed by atoms with Crippen LogP contribution in [0.25, 0.3) is 10.9 Å². The number of aliphatic hydroxyl groups is 1. The number of carbonyl (C=O) groups excluding carboxylic acids is 1. The normalized spacial score (nSPS) is 19.7. The summed E-state index contributed by atoms with van der Waals surface area (Å²) >= 11 is 0. The van der Waals surface area contributed by atoms with E-state index in [2.05, 4.69) is 27.1 Å². The number of carbonyl (C=O) groups is 1. The lowest BCUT2D eigenvalue weighted by atomic mass is 10.0. The van der Waals surface area contributed by atoms with Crippen LogP contribution in [0.5, 0.6) is 0 Å². The monoisotopic (exact) mass is 364 g/mol. The lowest BCUT2D eigenvalue weighted by Gasteiger charge is -2.16. The van der Waals surface area contributed by atoms with Gasteiger partial charge < -0.3 is 15.0 Å². The summed E-state index contributed by atoms with van der Waals surface area (Å²) in [5, 5.41) is 11.5. The molecule has 0 radical (unpaired) electrons. The van der Waals surface area contributed by atoms with Crippen molar-refractivity contribution in [2.24, 2.45) is 5.92 Å². The Labute approximate surface area is 158 Å². The molecule has 2 atom stereocenters. The lowest BCUT2D eigenvalue weighted by Crippen LogP contribution is -2.29. The number of aryl methyl sites for hydroxylation is 1. The summed E-state index contributed by atoms with van der Waals surface area (Å²) < 4.78 is 0. The van der Waals surface area contributed by atoms with Crippen LogP contribution in [0.15, 0.2) is 49.1 Å². The molecule has 1 amide bonds. The third-order valence-corrected chi connectivity index (χ3v) is 5.36. The molecule has 27 heavy (non-hydrogen) atoms. The summed E-state index contributed by atoms with van der Waals surface area (Å²) in [4.78, 5) is 26.0. The number of aliphatic hydroxyl groups excluding tert-OH is 1. The maximum atomic E-state index is 12.6. The van der Waals surface area contributed by atoms with Crippen molar-refractivity contribution in [1.82, 2.24) is 19.9 Å². The average molecular weight is 364 g/mol. The summed E-state index contributed by atoms with van der Waals surface area (Å²) in [7, 11) is 0. The molecule has 1 fully saturated rings. The van der Waals surface area contributed by atoms with Crippen LogP contribution in [0.2, 0.25) is 0 Å². The molecule has 3 heterocycles. The Morgan fingerprint density at radius 2 is 2.15 bits per heavy atom. The van der Waals surface area contributed by atoms with E-state index in [1.165, 1.54) is 10.9 Å². The highest BCUT2D eigenvalue weighted by molar-refractivity contribution is 5.83. The fourth-order valence-electron chi connectivity index (χ4n) is 3.89. The van der Waals surface area contributed by atoms with Crippen LogP contribution in [-0.2, 0) is 17.6 Å². The summed E-state index contributed by atoms with van der Waals surface area (Å²) in [6, 6.07) is 8.22. The zero-order chi connectivity index (χ0) is 18.6. The quantitative estimate of drug-likeness (QED) is 0.703. The second-order valence-electron chi connectivity index (χ2n) is 7.24. The number of aromatic nitrogens is 3. The van der Waals surface area contributed by atoms with E-state index >= 15 is 0 Å². The Hall–Kier alpha value is -2.73. The largest absolute Gasteiger partial charge is 0.391 e. The van der Waals surface area contributed by atoms with E-state index in [1.807, 2.05) is 18.3 Å². The molecule has 1 aliphatic rings. The van der Waals surface area contributed by atoms with Gasteiger partial charge in [0, 0.05) is 61.1 Å². The van der Waals surface area contributed by atoms with E-state index in [-0.39, 0.29) is 11.8 Å². The van der Waals surface area contributed by atoms with E-state index in [1.54, 1.807) is 23.5 Å². The van der Waals surface area contributed by atoms with Crippen molar-refractivity contribution < 1.29 is 9.90 Å². The van der Waals surface area contributed by atoms with E-state index < -0.39 is 6.10 Å². The van der Waals surface area contributed by atoms with Gasteiger partial charge in [0.05, 0.1) is 11.8 Å². The number of nitrogens with zero attached hydrogens (tertiary/aromatic N) is 3. The summed E-state index contributed by atoms with van der Waals surface area (Å²) in [6.45, 7) is 1.00. The van der Waals surface area contributed by atoms with Crippen LogP contribution in [-0.4, -0.2) is 50.1 Å². The molecule has 2 N–H and O–H groups in total. The second kappa shape index (κ2) is 7.88. The number of hydrogen-bond donors (Lipinski definition) is 2. The Bertz CT molecular complexity index is 909. The Kier molecular flexibility index (Phi) is 5.16. The smallest absolute Gasteiger partial charge is 0.222 e. The van der Waals surface area contributed by atoms with E-state index in [9.17, 15) is 9.90 Å². The summed E-state index contributed by atoms with van der Waals surface area (Å²) in [5.74, 6) is 0.148. The Morgan fingerprint density at radius 1 is 1.26 bits per heavy atom. The fraction of sp³-hybridized carbons (Fsp3) is 0.381. The van der Waals surface area contributed by atoms with Gasteiger partial charge in [-0.05, 0) is 30.9 Å². The molecule has 4 rings (SSSR count). The molecule has 0 saturated carbocycles. The zero-order valence-electron chi connectivity index (χ0n) is 15.2. The third-order valence-electron chi connectivity index (χ3n) is 5.36. The highest BCUT2D eigenvalue weighted by atomic mass is 16.3. The van der Waals surface area contributed by atoms with Crippen molar-refractivity contribution in [3.8, 4) is 0 Å². The molecule has 0 aliphatic carbocycles. The minimum absolute atomic E-state index is 0.0271. The van der Waals surface area contributed by atoms with Gasteiger partial charge in [0.15, 0.2) is 0 Å². The van der Waals surface area contributed by atoms with Crippen molar-refractivity contribution in [3.05, 3.63) is 60.3 Å². The van der Waals surface area contributed by atoms with Gasteiger partial charge in [-0.25, -0.2) is 0 Å². The van der Waals surface area contributed by atoms with Gasteiger partial charge in [0.1, 0.15) is 0 Å². The van der Waals surface area contributed by atoms with Crippen LogP contribution >= 0.6 is 0 Å². The van der Waals surface area contributed by atoms with Crippen molar-refractivity contribution in [3.63, 3.8) is 0 Å². The number of β-amino-alcohol motifs (C(OH)–C–C–N with tert-alkyl or cyclic N) is 1. The van der Waals surface area contributed by atoms with Gasteiger partial charge in [-0.2, -0.15) is 0 Å². The van der Waals surface area contributed by atoms with Crippen LogP contribution in [0.4, 0.5) is 0 Å². The molecule has 0 bridgehead atoms. The van der Waals surface area contributed by atoms with Crippen molar-refractivity contribution in [1.29, 1.82) is 0 Å². The summed E-state index contributed by atoms with van der Waals surface area (Å²) in [6.07, 6.45) is 9.38. The molecule has 1 aromatic carbocycles. The summed E-state index contributed by atoms with van der Waals surface area (Å²) in [5.41, 5.74) is 3.24. The van der Waals surface area contributed by atoms with Crippen molar-refractivity contribution >= 4 is 16.8 Å². The average Bonchev–Trinajstić information content (AvgIpc) is 3.27. The maximum Gasteiger partial charge on any atom is 0.222 e. The highest BCUT2D eigenvalue weighted by Gasteiger charge is 2.33. The highest BCUT2D eigenvalue weighted by Crippen LogP contribution is 2.23. The van der Waals surface area contributed by atoms with Gasteiger partial charge in [0.2, 0.25) is 5.91 Å². The molecule has 3 aromatic rings. The number of hydrogen-bond acceptors (Lipinski definition) is 4. The fourth-order valence-corrected chi connectivity index (χ4v) is 3.89. The minimum Gasteiger partial charge on any atom is -0.391 e. The van der Waals surface area contributed by atoms with Crippen LogP contribution in [0, 0.1) is 5.92 Å². The van der Waals surface area contributed by atoms with E-state index in [0.29, 0.717) is 25.9 Å². The number of para-hydroxylation sites is 1. The predicted molar refractivity (Wildman–Crippen MR) is 103 cm³/mol. The first-order valence-electron chi connectivity index (χ1n) is 9.46. The zero-order valence-corrected chi connectivity index (χ0v) is 15.2. The number of H-pyrrole nitrogens is 1. The van der Waals surface area contributed by atoms with Crippen LogP contribution < -0.4 is 0 Å². The first-order chi connectivity index (χ1) is 13.2. The lowest BCUT2D eigenvalue weighted by molar-refractivity contribution is -0.130. The van der Waals surface area contributed by atoms with E-state index in [0.717, 1.165) is 24.1 Å². The van der Waals surface area contributed by atoms with Crippen molar-refractivity contribution in [2.45, 2.75) is 31.8 Å². The second-order valence-corrected chi connectivity index (χ2v) is 7.24. The number of rotatable bonds is 6. The first kappa shape index (κ1) is 17.7. The molecule has 0 spiro atoms. The van der Waals surface area contributed by atoms with Gasteiger partial charge in [-0.3, -0.25) is 14.8 Å². The molecule has 6 nitrogen and oxygen atoms in total. The number of fused-ring (bicyclic) bond motifs is 1. The number of amides is 1. The standard InChI is InChI=1S/C21H24N4O2/c26-20-14-25(13-16(20)10-17-12-22-8-9-23-17)21(27)7-3-4-15-11-24-19-6-2-1-5-18(15)19/h1-2,5-6,8-9,11-12,16,20,24,26H,3-4,7,10,13-14H2/t16-,20-/m1/s1. The van der Waals surface area contributed by atoms with Gasteiger partial charge in [-0.15, -0.1) is 0 Å². The minimum atomic E-state index is -0.496. The maximum absolute atomic E-state index is 12.6.